The third kappa shape index (κ3) is 4.83. The van der Waals surface area contributed by atoms with Crippen molar-refractivity contribution in [1.82, 2.24) is 0 Å². The van der Waals surface area contributed by atoms with Crippen LogP contribution in [0.5, 0.6) is 5.75 Å². The summed E-state index contributed by atoms with van der Waals surface area (Å²) in [7, 11) is -3.42. The molecular formula is C21H17NO5S. The third-order valence-electron chi connectivity index (χ3n) is 3.86. The highest BCUT2D eigenvalue weighted by Gasteiger charge is 2.13. The van der Waals surface area contributed by atoms with Crippen molar-refractivity contribution in [3.05, 3.63) is 90.0 Å². The molecule has 0 aromatic heterocycles. The van der Waals surface area contributed by atoms with Gasteiger partial charge in [0.15, 0.2) is 9.84 Å². The minimum Gasteiger partial charge on any atom is -0.423 e. The van der Waals surface area contributed by atoms with Gasteiger partial charge < -0.3 is 10.1 Å². The first kappa shape index (κ1) is 19.3. The molecule has 7 heteroatoms. The Morgan fingerprint density at radius 2 is 1.46 bits per heavy atom. The first-order valence-corrected chi connectivity index (χ1v) is 10.2. The summed E-state index contributed by atoms with van der Waals surface area (Å²) in [5.41, 5.74) is 1.21. The number of anilines is 1. The van der Waals surface area contributed by atoms with Gasteiger partial charge in [0.05, 0.1) is 10.5 Å². The smallest absolute Gasteiger partial charge is 0.343 e. The first-order valence-electron chi connectivity index (χ1n) is 8.32. The van der Waals surface area contributed by atoms with Crippen molar-refractivity contribution >= 4 is 27.4 Å². The molecule has 0 atom stereocenters. The van der Waals surface area contributed by atoms with Gasteiger partial charge in [0.25, 0.3) is 5.91 Å². The van der Waals surface area contributed by atoms with Gasteiger partial charge in [-0.05, 0) is 54.6 Å². The zero-order valence-electron chi connectivity index (χ0n) is 15.0. The van der Waals surface area contributed by atoms with Crippen molar-refractivity contribution in [2.45, 2.75) is 4.90 Å². The van der Waals surface area contributed by atoms with Crippen LogP contribution in [0.1, 0.15) is 20.7 Å². The average molecular weight is 395 g/mol. The van der Waals surface area contributed by atoms with Crippen molar-refractivity contribution in [2.24, 2.45) is 0 Å². The zero-order valence-corrected chi connectivity index (χ0v) is 15.8. The molecule has 28 heavy (non-hydrogen) atoms. The van der Waals surface area contributed by atoms with E-state index in [9.17, 15) is 18.0 Å². The largest absolute Gasteiger partial charge is 0.423 e. The fourth-order valence-corrected chi connectivity index (χ4v) is 3.09. The highest BCUT2D eigenvalue weighted by molar-refractivity contribution is 7.90. The van der Waals surface area contributed by atoms with Crippen molar-refractivity contribution in [3.8, 4) is 5.75 Å². The standard InChI is InChI=1S/C21H17NO5S/c1-28(25,26)19-9-5-8-16(14-19)21(24)27-18-12-10-17(11-13-18)22-20(23)15-6-3-2-4-7-15/h2-14H,1H3,(H,22,23). The van der Waals surface area contributed by atoms with E-state index in [-0.39, 0.29) is 22.1 Å². The van der Waals surface area contributed by atoms with Crippen LogP contribution in [0.25, 0.3) is 0 Å². The molecule has 3 aromatic rings. The van der Waals surface area contributed by atoms with Crippen LogP contribution >= 0.6 is 0 Å². The van der Waals surface area contributed by atoms with E-state index in [1.807, 2.05) is 6.07 Å². The van der Waals surface area contributed by atoms with Crippen molar-refractivity contribution in [2.75, 3.05) is 11.6 Å². The summed E-state index contributed by atoms with van der Waals surface area (Å²) in [5.74, 6) is -0.651. The molecule has 3 aromatic carbocycles. The second kappa shape index (κ2) is 8.06. The summed E-state index contributed by atoms with van der Waals surface area (Å²) in [4.78, 5) is 24.4. The number of carbonyl (C=O) groups excluding carboxylic acids is 2. The molecule has 3 rings (SSSR count). The minimum atomic E-state index is -3.42. The van der Waals surface area contributed by atoms with Gasteiger partial charge in [-0.1, -0.05) is 24.3 Å². The maximum atomic E-state index is 12.3. The summed E-state index contributed by atoms with van der Waals surface area (Å²) < 4.78 is 28.5. The minimum absolute atomic E-state index is 0.0425. The van der Waals surface area contributed by atoms with Gasteiger partial charge in [-0.25, -0.2) is 13.2 Å². The maximum Gasteiger partial charge on any atom is 0.343 e. The molecule has 0 radical (unpaired) electrons. The molecule has 0 bridgehead atoms. The van der Waals surface area contributed by atoms with E-state index in [4.69, 9.17) is 4.74 Å². The van der Waals surface area contributed by atoms with Gasteiger partial charge in [0, 0.05) is 17.5 Å². The Morgan fingerprint density at radius 1 is 0.821 bits per heavy atom. The van der Waals surface area contributed by atoms with E-state index in [1.165, 1.54) is 24.3 Å². The van der Waals surface area contributed by atoms with Gasteiger partial charge in [-0.3, -0.25) is 4.79 Å². The van der Waals surface area contributed by atoms with Gasteiger partial charge >= 0.3 is 5.97 Å². The van der Waals surface area contributed by atoms with Gasteiger partial charge in [0.2, 0.25) is 0 Å². The zero-order chi connectivity index (χ0) is 20.1. The Hall–Kier alpha value is -3.45. The summed E-state index contributed by atoms with van der Waals surface area (Å²) in [6.45, 7) is 0. The molecule has 1 amide bonds. The fourth-order valence-electron chi connectivity index (χ4n) is 2.42. The Bertz CT molecular complexity index is 1110. The topological polar surface area (TPSA) is 89.5 Å². The lowest BCUT2D eigenvalue weighted by Crippen LogP contribution is -2.12. The molecule has 0 heterocycles. The van der Waals surface area contributed by atoms with Gasteiger partial charge in [-0.2, -0.15) is 0 Å². The fraction of sp³-hybridized carbons (Fsp3) is 0.0476. The van der Waals surface area contributed by atoms with E-state index >= 15 is 0 Å². The molecule has 0 aliphatic heterocycles. The molecule has 6 nitrogen and oxygen atoms in total. The molecule has 0 aliphatic rings. The number of sulfone groups is 1. The molecule has 0 saturated carbocycles. The third-order valence-corrected chi connectivity index (χ3v) is 4.97. The normalized spacial score (nSPS) is 10.9. The van der Waals surface area contributed by atoms with Crippen molar-refractivity contribution in [3.63, 3.8) is 0 Å². The number of ether oxygens (including phenoxy) is 1. The number of nitrogens with one attached hydrogen (secondary N) is 1. The maximum absolute atomic E-state index is 12.3. The summed E-state index contributed by atoms with van der Waals surface area (Å²) in [6, 6.07) is 20.7. The van der Waals surface area contributed by atoms with E-state index in [1.54, 1.807) is 48.5 Å². The molecule has 0 saturated heterocycles. The monoisotopic (exact) mass is 395 g/mol. The lowest BCUT2D eigenvalue weighted by atomic mass is 10.2. The van der Waals surface area contributed by atoms with E-state index < -0.39 is 15.8 Å². The number of hydrogen-bond donors (Lipinski definition) is 1. The molecule has 0 aliphatic carbocycles. The predicted octanol–water partition coefficient (Wildman–Crippen LogP) is 3.56. The Labute approximate surface area is 162 Å². The summed E-state index contributed by atoms with van der Waals surface area (Å²) >= 11 is 0. The number of hydrogen-bond acceptors (Lipinski definition) is 5. The second-order valence-corrected chi connectivity index (χ2v) is 8.05. The summed E-state index contributed by atoms with van der Waals surface area (Å²) in [6.07, 6.45) is 1.07. The van der Waals surface area contributed by atoms with Crippen molar-refractivity contribution in [1.29, 1.82) is 0 Å². The number of esters is 1. The number of benzene rings is 3. The van der Waals surface area contributed by atoms with E-state index in [0.29, 0.717) is 11.3 Å². The van der Waals surface area contributed by atoms with E-state index in [2.05, 4.69) is 5.32 Å². The van der Waals surface area contributed by atoms with Crippen LogP contribution in [0.2, 0.25) is 0 Å². The highest BCUT2D eigenvalue weighted by atomic mass is 32.2. The van der Waals surface area contributed by atoms with Crippen molar-refractivity contribution < 1.29 is 22.7 Å². The van der Waals surface area contributed by atoms with Gasteiger partial charge in [0.1, 0.15) is 5.75 Å². The van der Waals surface area contributed by atoms with Crippen LogP contribution in [0.4, 0.5) is 5.69 Å². The molecule has 1 N–H and O–H groups in total. The SMILES string of the molecule is CS(=O)(=O)c1cccc(C(=O)Oc2ccc(NC(=O)c3ccccc3)cc2)c1. The van der Waals surface area contributed by atoms with Gasteiger partial charge in [-0.15, -0.1) is 0 Å². The van der Waals surface area contributed by atoms with Crippen LogP contribution in [-0.2, 0) is 9.84 Å². The molecule has 142 valence electrons. The molecule has 0 unspecified atom stereocenters. The molecular weight excluding hydrogens is 378 g/mol. The van der Waals surface area contributed by atoms with Crippen LogP contribution in [0.3, 0.4) is 0 Å². The second-order valence-electron chi connectivity index (χ2n) is 6.03. The molecule has 0 spiro atoms. The van der Waals surface area contributed by atoms with Crippen LogP contribution < -0.4 is 10.1 Å². The van der Waals surface area contributed by atoms with Crippen LogP contribution in [0.15, 0.2) is 83.8 Å². The summed E-state index contributed by atoms with van der Waals surface area (Å²) in [5, 5.41) is 2.75. The number of amides is 1. The first-order chi connectivity index (χ1) is 13.3. The highest BCUT2D eigenvalue weighted by Crippen LogP contribution is 2.19. The number of carbonyl (C=O) groups is 2. The molecule has 0 fully saturated rings. The quantitative estimate of drug-likeness (QED) is 0.527. The Balaban J connectivity index is 1.67. The average Bonchev–Trinajstić information content (AvgIpc) is 2.69. The predicted molar refractivity (Wildman–Crippen MR) is 105 cm³/mol. The lowest BCUT2D eigenvalue weighted by Gasteiger charge is -2.08. The Kier molecular flexibility index (Phi) is 5.56. The number of rotatable bonds is 5. The van der Waals surface area contributed by atoms with Crippen LogP contribution in [-0.4, -0.2) is 26.6 Å². The lowest BCUT2D eigenvalue weighted by molar-refractivity contribution is 0.0734. The Morgan fingerprint density at radius 3 is 2.11 bits per heavy atom. The van der Waals surface area contributed by atoms with Crippen LogP contribution in [0, 0.1) is 0 Å². The van der Waals surface area contributed by atoms with E-state index in [0.717, 1.165) is 6.26 Å².